The van der Waals surface area contributed by atoms with Crippen molar-refractivity contribution in [2.24, 2.45) is 0 Å². The Morgan fingerprint density at radius 1 is 0.316 bits per heavy atom. The van der Waals surface area contributed by atoms with Crippen molar-refractivity contribution in [2.45, 2.75) is 116 Å². The topological polar surface area (TPSA) is 26.3 Å². The van der Waals surface area contributed by atoms with Crippen molar-refractivity contribution in [3.63, 3.8) is 0 Å². The van der Waals surface area contributed by atoms with E-state index in [1.54, 1.807) is 0 Å². The van der Waals surface area contributed by atoms with Crippen molar-refractivity contribution in [3.05, 3.63) is 192 Å². The van der Waals surface area contributed by atoms with Gasteiger partial charge in [-0.2, -0.15) is 0 Å². The molecule has 0 radical (unpaired) electrons. The second-order valence-electron chi connectivity index (χ2n) is 22.2. The fourth-order valence-electron chi connectivity index (χ4n) is 13.8. The Kier molecular flexibility index (Phi) is 11.8. The predicted octanol–water partition coefficient (Wildman–Crippen LogP) is 22.7. The standard InChI is InChI=1S/C72H64O2S2/c1-5-9-31-71(32-10-6-2)59-37-47(45-19-15-13-16-20-45)23-27-51(59)53-41-65-57(39-61(53)71)55-35-49(25-29-63(55)73-65)67-43-69-70(75-67)44-68(76-69)50-26-30-64-56(36-50)58-40-62-54(42-66(58)74-64)52-28-24-48(46-21-17-14-18-22-46)38-60(52)72(62,33-11-7-3)34-12-8-4/h13-30,35-44H,5-12,31-34H2,1-4H3. The van der Waals surface area contributed by atoms with Crippen LogP contribution in [0.5, 0.6) is 0 Å². The summed E-state index contributed by atoms with van der Waals surface area (Å²) in [6.45, 7) is 9.36. The van der Waals surface area contributed by atoms with Crippen LogP contribution < -0.4 is 0 Å². The number of thiophene rings is 2. The van der Waals surface area contributed by atoms with E-state index in [9.17, 15) is 0 Å². The van der Waals surface area contributed by atoms with Crippen molar-refractivity contribution in [2.75, 3.05) is 0 Å². The molecule has 0 bridgehead atoms. The average molecular weight is 1030 g/mol. The Morgan fingerprint density at radius 2 is 0.684 bits per heavy atom. The number of furan rings is 2. The molecule has 0 aliphatic heterocycles. The molecule has 0 spiro atoms. The lowest BCUT2D eigenvalue weighted by atomic mass is 9.70. The lowest BCUT2D eigenvalue weighted by Gasteiger charge is -2.33. The first kappa shape index (κ1) is 47.5. The van der Waals surface area contributed by atoms with E-state index < -0.39 is 0 Å². The first-order valence-corrected chi connectivity index (χ1v) is 30.0. The first-order chi connectivity index (χ1) is 37.4. The van der Waals surface area contributed by atoms with E-state index >= 15 is 0 Å². The molecule has 0 unspecified atom stereocenters. The summed E-state index contributed by atoms with van der Waals surface area (Å²) in [5.74, 6) is 0. The van der Waals surface area contributed by atoms with Crippen molar-refractivity contribution in [1.82, 2.24) is 0 Å². The summed E-state index contributed by atoms with van der Waals surface area (Å²) in [4.78, 5) is 2.59. The maximum atomic E-state index is 6.76. The van der Waals surface area contributed by atoms with E-state index in [0.717, 1.165) is 48.0 Å². The highest BCUT2D eigenvalue weighted by molar-refractivity contribution is 7.31. The predicted molar refractivity (Wildman–Crippen MR) is 327 cm³/mol. The van der Waals surface area contributed by atoms with Crippen LogP contribution in [0.3, 0.4) is 0 Å². The SMILES string of the molecule is CCCCC1(CCCC)c2cc(-c3ccccc3)ccc2-c2cc3oc4ccc(-c5cc6sc(-c7ccc8oc9cc%10c(cc9c8c7)C(CCCC)(CCCC)c7cc(-c8ccccc8)ccc7-%10)cc6s5)cc4c3cc21. The molecular formula is C72H64O2S2. The average Bonchev–Trinajstić information content (AvgIpc) is 4.47. The van der Waals surface area contributed by atoms with Crippen LogP contribution in [0.15, 0.2) is 179 Å². The molecule has 2 aliphatic rings. The van der Waals surface area contributed by atoms with E-state index in [1.807, 2.05) is 22.7 Å². The van der Waals surface area contributed by atoms with Gasteiger partial charge in [0.2, 0.25) is 0 Å². The molecule has 4 aromatic heterocycles. The van der Waals surface area contributed by atoms with Crippen LogP contribution in [-0.2, 0) is 10.8 Å². The fraction of sp³-hybridized carbons (Fsp3) is 0.250. The van der Waals surface area contributed by atoms with Gasteiger partial charge in [-0.25, -0.2) is 0 Å². The van der Waals surface area contributed by atoms with Gasteiger partial charge in [-0.05, 0) is 189 Å². The van der Waals surface area contributed by atoms with Gasteiger partial charge < -0.3 is 8.83 Å². The highest BCUT2D eigenvalue weighted by atomic mass is 32.1. The van der Waals surface area contributed by atoms with Crippen molar-refractivity contribution in [1.29, 1.82) is 0 Å². The minimum Gasteiger partial charge on any atom is -0.456 e. The van der Waals surface area contributed by atoms with Crippen LogP contribution in [-0.4, -0.2) is 0 Å². The molecule has 8 aromatic carbocycles. The van der Waals surface area contributed by atoms with E-state index in [1.165, 1.54) is 170 Å². The number of benzene rings is 8. The molecular weight excluding hydrogens is 961 g/mol. The Morgan fingerprint density at radius 3 is 1.08 bits per heavy atom. The van der Waals surface area contributed by atoms with Gasteiger partial charge in [0.05, 0.1) is 0 Å². The van der Waals surface area contributed by atoms with E-state index in [0.29, 0.717) is 0 Å². The van der Waals surface area contributed by atoms with Crippen molar-refractivity contribution >= 4 is 76.0 Å². The van der Waals surface area contributed by atoms with Gasteiger partial charge in [0, 0.05) is 51.5 Å². The summed E-state index contributed by atoms with van der Waals surface area (Å²) < 4.78 is 16.2. The minimum atomic E-state index is -0.0311. The summed E-state index contributed by atoms with van der Waals surface area (Å²) in [6, 6.07) is 64.7. The summed E-state index contributed by atoms with van der Waals surface area (Å²) >= 11 is 3.80. The number of rotatable bonds is 16. The maximum absolute atomic E-state index is 6.76. The third kappa shape index (κ3) is 7.53. The normalized spacial score (nSPS) is 14.1. The van der Waals surface area contributed by atoms with Gasteiger partial charge in [-0.3, -0.25) is 0 Å². The molecule has 4 heteroatoms. The number of hydrogen-bond acceptors (Lipinski definition) is 4. The first-order valence-electron chi connectivity index (χ1n) is 28.4. The summed E-state index contributed by atoms with van der Waals surface area (Å²) in [6.07, 6.45) is 14.1. The number of hydrogen-bond donors (Lipinski definition) is 0. The van der Waals surface area contributed by atoms with Crippen molar-refractivity contribution < 1.29 is 8.83 Å². The quantitative estimate of drug-likeness (QED) is 0.0964. The van der Waals surface area contributed by atoms with Crippen LogP contribution in [0.1, 0.15) is 127 Å². The molecule has 0 N–H and O–H groups in total. The molecule has 0 saturated carbocycles. The van der Waals surface area contributed by atoms with E-state index in [-0.39, 0.29) is 10.8 Å². The largest absolute Gasteiger partial charge is 0.456 e. The lowest BCUT2D eigenvalue weighted by Crippen LogP contribution is -2.25. The molecule has 0 amide bonds. The zero-order valence-electron chi connectivity index (χ0n) is 44.3. The lowest BCUT2D eigenvalue weighted by molar-refractivity contribution is 0.415. The molecule has 2 aliphatic carbocycles. The van der Waals surface area contributed by atoms with Gasteiger partial charge in [0.25, 0.3) is 0 Å². The monoisotopic (exact) mass is 1020 g/mol. The van der Waals surface area contributed by atoms with Gasteiger partial charge >= 0.3 is 0 Å². The highest BCUT2D eigenvalue weighted by Gasteiger charge is 2.44. The number of fused-ring (bicyclic) bond motifs is 13. The molecule has 12 aromatic rings. The maximum Gasteiger partial charge on any atom is 0.136 e. The van der Waals surface area contributed by atoms with Crippen molar-refractivity contribution in [3.8, 4) is 65.4 Å². The summed E-state index contributed by atoms with van der Waals surface area (Å²) in [5, 5.41) is 4.86. The van der Waals surface area contributed by atoms with Crippen LogP contribution in [0.2, 0.25) is 0 Å². The Bertz CT molecular complexity index is 3860. The van der Waals surface area contributed by atoms with Gasteiger partial charge in [0.15, 0.2) is 0 Å². The molecule has 0 atom stereocenters. The Balaban J connectivity index is 0.816. The third-order valence-electron chi connectivity index (χ3n) is 17.7. The van der Waals surface area contributed by atoms with Crippen LogP contribution in [0.25, 0.3) is 119 Å². The second-order valence-corrected chi connectivity index (χ2v) is 24.4. The second kappa shape index (κ2) is 18.9. The van der Waals surface area contributed by atoms with Crippen LogP contribution in [0.4, 0.5) is 0 Å². The smallest absolute Gasteiger partial charge is 0.136 e. The summed E-state index contributed by atoms with van der Waals surface area (Å²) in [7, 11) is 0. The van der Waals surface area contributed by atoms with Gasteiger partial charge in [-0.15, -0.1) is 22.7 Å². The van der Waals surface area contributed by atoms with E-state index in [4.69, 9.17) is 8.83 Å². The van der Waals surface area contributed by atoms with Crippen LogP contribution >= 0.6 is 22.7 Å². The zero-order valence-corrected chi connectivity index (χ0v) is 45.9. The van der Waals surface area contributed by atoms with Gasteiger partial charge in [0.1, 0.15) is 22.3 Å². The summed E-state index contributed by atoms with van der Waals surface area (Å²) in [5.41, 5.74) is 22.9. The van der Waals surface area contributed by atoms with Crippen LogP contribution in [0, 0.1) is 0 Å². The Hall–Kier alpha value is -6.98. The molecule has 0 fully saturated rings. The molecule has 14 rings (SSSR count). The Labute approximate surface area is 455 Å². The molecule has 4 heterocycles. The number of unbranched alkanes of at least 4 members (excludes halogenated alkanes) is 4. The van der Waals surface area contributed by atoms with Gasteiger partial charge in [-0.1, -0.05) is 164 Å². The highest BCUT2D eigenvalue weighted by Crippen LogP contribution is 2.58. The molecule has 2 nitrogen and oxygen atoms in total. The molecule has 76 heavy (non-hydrogen) atoms. The molecule has 0 saturated heterocycles. The zero-order chi connectivity index (χ0) is 51.1. The molecule has 376 valence electrons. The van der Waals surface area contributed by atoms with E-state index in [2.05, 4.69) is 198 Å². The third-order valence-corrected chi connectivity index (χ3v) is 20.1. The fourth-order valence-corrected chi connectivity index (χ4v) is 16.2. The minimum absolute atomic E-state index is 0.0311.